The summed E-state index contributed by atoms with van der Waals surface area (Å²) in [4.78, 5) is 0. The van der Waals surface area contributed by atoms with Crippen molar-refractivity contribution in [1.82, 2.24) is 0 Å². The second-order valence-corrected chi connectivity index (χ2v) is 0. The van der Waals surface area contributed by atoms with E-state index >= 15 is 0 Å². The largest absolute Gasteiger partial charge is 0.412 e. The maximum atomic E-state index is 0. The molecule has 0 rings (SSSR count). The summed E-state index contributed by atoms with van der Waals surface area (Å²) in [5, 5.41) is 0. The molecule has 0 aliphatic heterocycles. The predicted octanol–water partition coefficient (Wildman–Crippen LogP) is -2.48. The van der Waals surface area contributed by atoms with Crippen molar-refractivity contribution >= 4 is 0 Å². The zero-order valence-electron chi connectivity index (χ0n) is 1.91. The fourth-order valence-corrected chi connectivity index (χ4v) is 0. The molecule has 30 valence electrons. The SMILES string of the molecule is O.O.O.[W]. The third-order valence-corrected chi connectivity index (χ3v) is 0. The standard InChI is InChI=1S/3H2O.W/h3*1H2;. The van der Waals surface area contributed by atoms with Gasteiger partial charge in [-0.15, -0.1) is 0 Å². The van der Waals surface area contributed by atoms with E-state index in [9.17, 15) is 0 Å². The van der Waals surface area contributed by atoms with Gasteiger partial charge in [0.25, 0.3) is 0 Å². The molecule has 0 heterocycles. The Bertz CT molecular complexity index is 3.25. The summed E-state index contributed by atoms with van der Waals surface area (Å²) in [5.41, 5.74) is 0. The van der Waals surface area contributed by atoms with Gasteiger partial charge in [-0.1, -0.05) is 0 Å². The molecule has 0 saturated carbocycles. The summed E-state index contributed by atoms with van der Waals surface area (Å²) in [6.07, 6.45) is 0. The Labute approximate surface area is 38.2 Å². The van der Waals surface area contributed by atoms with Gasteiger partial charge in [-0.05, 0) is 0 Å². The van der Waals surface area contributed by atoms with Crippen LogP contribution in [0.2, 0.25) is 0 Å². The third kappa shape index (κ3) is 19.6. The zero-order chi connectivity index (χ0) is 0. The van der Waals surface area contributed by atoms with Gasteiger partial charge in [0, 0.05) is 21.1 Å². The molecule has 0 fully saturated rings. The van der Waals surface area contributed by atoms with E-state index < -0.39 is 0 Å². The van der Waals surface area contributed by atoms with Gasteiger partial charge < -0.3 is 16.4 Å². The molecule has 0 aromatic rings. The van der Waals surface area contributed by atoms with Gasteiger partial charge in [0.2, 0.25) is 0 Å². The summed E-state index contributed by atoms with van der Waals surface area (Å²) in [6.45, 7) is 0. The smallest absolute Gasteiger partial charge is 0 e. The molecule has 0 atom stereocenters. The minimum atomic E-state index is 0. The van der Waals surface area contributed by atoms with Crippen LogP contribution in [0, 0.1) is 0 Å². The molecule has 0 unspecified atom stereocenters. The van der Waals surface area contributed by atoms with Crippen molar-refractivity contribution in [2.75, 3.05) is 0 Å². The summed E-state index contributed by atoms with van der Waals surface area (Å²) < 4.78 is 0. The van der Waals surface area contributed by atoms with Crippen LogP contribution in [-0.4, -0.2) is 16.4 Å². The molecule has 4 heavy (non-hydrogen) atoms. The molecule has 4 heteroatoms. The Morgan fingerprint density at radius 2 is 0.500 bits per heavy atom. The van der Waals surface area contributed by atoms with E-state index in [1.54, 1.807) is 0 Å². The Kier molecular flexibility index (Phi) is 3280. The Morgan fingerprint density at radius 1 is 0.500 bits per heavy atom. The van der Waals surface area contributed by atoms with Crippen LogP contribution in [0.15, 0.2) is 0 Å². The first-order valence-electron chi connectivity index (χ1n) is 0. The molecular weight excluding hydrogens is 232 g/mol. The maximum absolute atomic E-state index is 0. The first-order valence-corrected chi connectivity index (χ1v) is 0. The van der Waals surface area contributed by atoms with Crippen molar-refractivity contribution in [3.8, 4) is 0 Å². The predicted molar refractivity (Wildman–Crippen MR) is 10.8 cm³/mol. The molecule has 0 aromatic carbocycles. The average molecular weight is 238 g/mol. The van der Waals surface area contributed by atoms with Crippen molar-refractivity contribution in [3.05, 3.63) is 0 Å². The summed E-state index contributed by atoms with van der Waals surface area (Å²) in [7, 11) is 0. The third-order valence-electron chi connectivity index (χ3n) is 0. The normalized spacial score (nSPS) is 0. The topological polar surface area (TPSA) is 94.5 Å². The summed E-state index contributed by atoms with van der Waals surface area (Å²) in [5.74, 6) is 0. The van der Waals surface area contributed by atoms with Crippen LogP contribution in [0.3, 0.4) is 0 Å². The fourth-order valence-electron chi connectivity index (χ4n) is 0. The van der Waals surface area contributed by atoms with E-state index in [4.69, 9.17) is 0 Å². The van der Waals surface area contributed by atoms with E-state index in [1.165, 1.54) is 0 Å². The summed E-state index contributed by atoms with van der Waals surface area (Å²) in [6, 6.07) is 0. The van der Waals surface area contributed by atoms with E-state index in [0.29, 0.717) is 0 Å². The molecule has 0 aliphatic carbocycles. The molecule has 0 saturated heterocycles. The first-order chi connectivity index (χ1) is 0. The van der Waals surface area contributed by atoms with Gasteiger partial charge in [0.1, 0.15) is 0 Å². The van der Waals surface area contributed by atoms with Gasteiger partial charge >= 0.3 is 0 Å². The molecule has 3 nitrogen and oxygen atoms in total. The van der Waals surface area contributed by atoms with Crippen LogP contribution in [0.4, 0.5) is 0 Å². The second kappa shape index (κ2) is 72.9. The van der Waals surface area contributed by atoms with E-state index in [0.717, 1.165) is 0 Å². The van der Waals surface area contributed by atoms with Crippen molar-refractivity contribution in [1.29, 1.82) is 0 Å². The average Bonchev–Trinajstić information content (AvgIpc) is 0. The maximum Gasteiger partial charge on any atom is 0 e. The van der Waals surface area contributed by atoms with Crippen LogP contribution in [0.25, 0.3) is 0 Å². The molecule has 0 amide bonds. The van der Waals surface area contributed by atoms with Crippen molar-refractivity contribution in [2.24, 2.45) is 0 Å². The van der Waals surface area contributed by atoms with Gasteiger partial charge in [0.15, 0.2) is 0 Å². The molecule has 0 aliphatic rings. The second-order valence-electron chi connectivity index (χ2n) is 0. The van der Waals surface area contributed by atoms with E-state index in [-0.39, 0.29) is 37.5 Å². The quantitative estimate of drug-likeness (QED) is 0.446. The minimum absolute atomic E-state index is 0. The van der Waals surface area contributed by atoms with E-state index in [1.807, 2.05) is 0 Å². The van der Waals surface area contributed by atoms with Gasteiger partial charge in [-0.25, -0.2) is 0 Å². The van der Waals surface area contributed by atoms with Gasteiger partial charge in [0.05, 0.1) is 0 Å². The molecule has 0 aromatic heterocycles. The van der Waals surface area contributed by atoms with Crippen LogP contribution >= 0.6 is 0 Å². The zero-order valence-corrected chi connectivity index (χ0v) is 4.84. The van der Waals surface area contributed by atoms with Crippen LogP contribution in [0.1, 0.15) is 0 Å². The van der Waals surface area contributed by atoms with Crippen LogP contribution in [-0.2, 0) is 21.1 Å². The van der Waals surface area contributed by atoms with Crippen LogP contribution < -0.4 is 0 Å². The van der Waals surface area contributed by atoms with Crippen molar-refractivity contribution in [3.63, 3.8) is 0 Å². The Morgan fingerprint density at radius 3 is 0.500 bits per heavy atom. The molecule has 0 radical (unpaired) electrons. The monoisotopic (exact) mass is 238 g/mol. The fraction of sp³-hybridized carbons (Fsp3) is 0. The molecule has 0 bridgehead atoms. The van der Waals surface area contributed by atoms with Gasteiger partial charge in [-0.3, -0.25) is 0 Å². The number of rotatable bonds is 0. The first kappa shape index (κ1) is 180. The molecule has 6 N–H and O–H groups in total. The Hall–Kier alpha value is 0.568. The van der Waals surface area contributed by atoms with Crippen molar-refractivity contribution < 1.29 is 37.5 Å². The van der Waals surface area contributed by atoms with Gasteiger partial charge in [-0.2, -0.15) is 0 Å². The van der Waals surface area contributed by atoms with Crippen LogP contribution in [0.5, 0.6) is 0 Å². The van der Waals surface area contributed by atoms with E-state index in [2.05, 4.69) is 0 Å². The number of hydrogen-bond acceptors (Lipinski definition) is 0. The molecular formula is H6O3W. The minimum Gasteiger partial charge on any atom is -0.412 e. The van der Waals surface area contributed by atoms with Crippen molar-refractivity contribution in [2.45, 2.75) is 0 Å². The summed E-state index contributed by atoms with van der Waals surface area (Å²) >= 11 is 0. The Balaban J connectivity index is 0. The molecule has 0 spiro atoms. The number of hydrogen-bond donors (Lipinski definition) is 0.